The first-order chi connectivity index (χ1) is 10.2. The smallest absolute Gasteiger partial charge is 0.0329 e. The Hall–Kier alpha value is -1.34. The van der Waals surface area contributed by atoms with Crippen molar-refractivity contribution in [3.63, 3.8) is 0 Å². The van der Waals surface area contributed by atoms with Crippen LogP contribution < -0.4 is 5.73 Å². The van der Waals surface area contributed by atoms with E-state index in [0.717, 1.165) is 11.8 Å². The molecule has 2 N–H and O–H groups in total. The lowest BCUT2D eigenvalue weighted by Crippen LogP contribution is -2.27. The van der Waals surface area contributed by atoms with Gasteiger partial charge in [-0.05, 0) is 59.8 Å². The molecule has 1 fully saturated rings. The molecule has 21 heavy (non-hydrogen) atoms. The monoisotopic (exact) mass is 281 g/mol. The Bertz CT molecular complexity index is 588. The van der Waals surface area contributed by atoms with E-state index in [2.05, 4.69) is 56.3 Å². The molecule has 2 aromatic rings. The third kappa shape index (κ3) is 2.98. The molecule has 0 radical (unpaired) electrons. The van der Waals surface area contributed by atoms with E-state index in [1.165, 1.54) is 42.0 Å². The maximum Gasteiger partial charge on any atom is 0.0329 e. The molecular weight excluding hydrogens is 254 g/mol. The summed E-state index contributed by atoms with van der Waals surface area (Å²) in [6, 6.07) is 15.4. The van der Waals surface area contributed by atoms with Crippen molar-refractivity contribution in [3.05, 3.63) is 48.0 Å². The first-order valence-electron chi connectivity index (χ1n) is 8.40. The lowest BCUT2D eigenvalue weighted by atomic mass is 9.73. The number of benzene rings is 2. The fourth-order valence-corrected chi connectivity index (χ4v) is 3.97. The van der Waals surface area contributed by atoms with Crippen molar-refractivity contribution in [1.29, 1.82) is 0 Å². The van der Waals surface area contributed by atoms with Crippen molar-refractivity contribution in [2.75, 3.05) is 0 Å². The Labute approximate surface area is 128 Å². The molecule has 1 aliphatic rings. The van der Waals surface area contributed by atoms with Gasteiger partial charge in [0.25, 0.3) is 0 Å². The number of fused-ring (bicyclic) bond motifs is 1. The van der Waals surface area contributed by atoms with E-state index in [0.29, 0.717) is 5.92 Å². The van der Waals surface area contributed by atoms with Crippen LogP contribution in [0.1, 0.15) is 51.1 Å². The fourth-order valence-electron chi connectivity index (χ4n) is 3.97. The molecule has 0 amide bonds. The Morgan fingerprint density at radius 3 is 2.19 bits per heavy atom. The molecule has 3 rings (SSSR count). The summed E-state index contributed by atoms with van der Waals surface area (Å²) in [5, 5.41) is 2.64. The van der Waals surface area contributed by atoms with Gasteiger partial charge < -0.3 is 5.73 Å². The standard InChI is InChI=1S/C20H27N/c1-14(2)15-10-12-17(13-11-15)20(21)19-9-5-7-16-6-3-4-8-18(16)19/h3-9,14-15,17,20H,10-13,21H2,1-2H3. The predicted octanol–water partition coefficient (Wildman–Crippen LogP) is 5.30. The number of nitrogens with two attached hydrogens (primary N) is 1. The molecule has 1 saturated carbocycles. The Morgan fingerprint density at radius 1 is 0.857 bits per heavy atom. The molecule has 0 aliphatic heterocycles. The highest BCUT2D eigenvalue weighted by molar-refractivity contribution is 5.86. The summed E-state index contributed by atoms with van der Waals surface area (Å²) in [7, 11) is 0. The summed E-state index contributed by atoms with van der Waals surface area (Å²) in [4.78, 5) is 0. The first-order valence-corrected chi connectivity index (χ1v) is 8.40. The lowest BCUT2D eigenvalue weighted by Gasteiger charge is -2.34. The molecule has 1 atom stereocenters. The van der Waals surface area contributed by atoms with Gasteiger partial charge in [0.1, 0.15) is 0 Å². The van der Waals surface area contributed by atoms with Crippen molar-refractivity contribution in [2.24, 2.45) is 23.5 Å². The lowest BCUT2D eigenvalue weighted by molar-refractivity contribution is 0.204. The minimum Gasteiger partial charge on any atom is -0.324 e. The highest BCUT2D eigenvalue weighted by Gasteiger charge is 2.28. The maximum absolute atomic E-state index is 6.66. The van der Waals surface area contributed by atoms with Crippen LogP contribution in [0.4, 0.5) is 0 Å². The van der Waals surface area contributed by atoms with Crippen molar-refractivity contribution in [2.45, 2.75) is 45.6 Å². The zero-order chi connectivity index (χ0) is 14.8. The number of hydrogen-bond donors (Lipinski definition) is 1. The van der Waals surface area contributed by atoms with Crippen LogP contribution in [0.15, 0.2) is 42.5 Å². The molecule has 0 heterocycles. The van der Waals surface area contributed by atoms with Gasteiger partial charge in [0.05, 0.1) is 0 Å². The highest BCUT2D eigenvalue weighted by Crippen LogP contribution is 2.39. The largest absolute Gasteiger partial charge is 0.324 e. The third-order valence-corrected chi connectivity index (χ3v) is 5.45. The minimum atomic E-state index is 0.184. The molecule has 0 saturated heterocycles. The molecule has 1 unspecified atom stereocenters. The second-order valence-electron chi connectivity index (χ2n) is 7.01. The Kier molecular flexibility index (Phi) is 4.30. The molecule has 2 aromatic carbocycles. The maximum atomic E-state index is 6.66. The van der Waals surface area contributed by atoms with E-state index in [-0.39, 0.29) is 6.04 Å². The van der Waals surface area contributed by atoms with Crippen molar-refractivity contribution in [3.8, 4) is 0 Å². The molecule has 0 aromatic heterocycles. The quantitative estimate of drug-likeness (QED) is 0.811. The molecular formula is C20H27N. The van der Waals surface area contributed by atoms with Crippen LogP contribution in [0.2, 0.25) is 0 Å². The van der Waals surface area contributed by atoms with Gasteiger partial charge in [-0.2, -0.15) is 0 Å². The third-order valence-electron chi connectivity index (χ3n) is 5.45. The van der Waals surface area contributed by atoms with E-state index in [1.807, 2.05) is 0 Å². The van der Waals surface area contributed by atoms with Crippen LogP contribution in [0.3, 0.4) is 0 Å². The molecule has 0 bridgehead atoms. The van der Waals surface area contributed by atoms with Gasteiger partial charge in [-0.25, -0.2) is 0 Å². The van der Waals surface area contributed by atoms with E-state index >= 15 is 0 Å². The topological polar surface area (TPSA) is 26.0 Å². The molecule has 0 spiro atoms. The molecule has 1 aliphatic carbocycles. The van der Waals surface area contributed by atoms with Crippen LogP contribution in [0, 0.1) is 17.8 Å². The average molecular weight is 281 g/mol. The second-order valence-corrected chi connectivity index (χ2v) is 7.01. The predicted molar refractivity (Wildman–Crippen MR) is 91.2 cm³/mol. The molecule has 1 heteroatoms. The summed E-state index contributed by atoms with van der Waals surface area (Å²) in [6.45, 7) is 4.71. The van der Waals surface area contributed by atoms with E-state index < -0.39 is 0 Å². The van der Waals surface area contributed by atoms with Gasteiger partial charge in [-0.3, -0.25) is 0 Å². The van der Waals surface area contributed by atoms with Gasteiger partial charge in [-0.15, -0.1) is 0 Å². The van der Waals surface area contributed by atoms with Crippen LogP contribution >= 0.6 is 0 Å². The van der Waals surface area contributed by atoms with E-state index in [1.54, 1.807) is 0 Å². The van der Waals surface area contributed by atoms with Crippen LogP contribution in [-0.2, 0) is 0 Å². The Balaban J connectivity index is 1.80. The SMILES string of the molecule is CC(C)C1CCC(C(N)c2cccc3ccccc23)CC1. The van der Waals surface area contributed by atoms with Crippen molar-refractivity contribution < 1.29 is 0 Å². The molecule has 1 nitrogen and oxygen atoms in total. The normalized spacial score (nSPS) is 24.4. The van der Waals surface area contributed by atoms with E-state index in [9.17, 15) is 0 Å². The Morgan fingerprint density at radius 2 is 1.48 bits per heavy atom. The highest BCUT2D eigenvalue weighted by atomic mass is 14.7. The van der Waals surface area contributed by atoms with Crippen LogP contribution in [0.5, 0.6) is 0 Å². The number of hydrogen-bond acceptors (Lipinski definition) is 1. The summed E-state index contributed by atoms with van der Waals surface area (Å²) in [6.07, 6.45) is 5.27. The van der Waals surface area contributed by atoms with Gasteiger partial charge in [0.2, 0.25) is 0 Å². The number of rotatable bonds is 3. The fraction of sp³-hybridized carbons (Fsp3) is 0.500. The first kappa shape index (κ1) is 14.6. The summed E-state index contributed by atoms with van der Waals surface area (Å²) in [5.41, 5.74) is 7.99. The second kappa shape index (κ2) is 6.19. The van der Waals surface area contributed by atoms with Gasteiger partial charge in [0.15, 0.2) is 0 Å². The average Bonchev–Trinajstić information content (AvgIpc) is 2.53. The summed E-state index contributed by atoms with van der Waals surface area (Å²) < 4.78 is 0. The van der Waals surface area contributed by atoms with Crippen molar-refractivity contribution in [1.82, 2.24) is 0 Å². The minimum absolute atomic E-state index is 0.184. The zero-order valence-corrected chi connectivity index (χ0v) is 13.3. The zero-order valence-electron chi connectivity index (χ0n) is 13.3. The van der Waals surface area contributed by atoms with Crippen LogP contribution in [-0.4, -0.2) is 0 Å². The van der Waals surface area contributed by atoms with E-state index in [4.69, 9.17) is 5.73 Å². The summed E-state index contributed by atoms with van der Waals surface area (Å²) >= 11 is 0. The van der Waals surface area contributed by atoms with Crippen LogP contribution in [0.25, 0.3) is 10.8 Å². The molecule has 112 valence electrons. The van der Waals surface area contributed by atoms with Crippen molar-refractivity contribution >= 4 is 10.8 Å². The summed E-state index contributed by atoms with van der Waals surface area (Å²) in [5.74, 6) is 2.37. The van der Waals surface area contributed by atoms with Gasteiger partial charge >= 0.3 is 0 Å². The van der Waals surface area contributed by atoms with Gasteiger partial charge in [0, 0.05) is 6.04 Å². The van der Waals surface area contributed by atoms with Gasteiger partial charge in [-0.1, -0.05) is 56.3 Å².